The zero-order chi connectivity index (χ0) is 14.0. The van der Waals surface area contributed by atoms with E-state index in [-0.39, 0.29) is 5.92 Å². The molecule has 1 aromatic carbocycles. The summed E-state index contributed by atoms with van der Waals surface area (Å²) in [5.74, 6) is 0.303. The first-order valence-corrected chi connectivity index (χ1v) is 8.27. The lowest BCUT2D eigenvalue weighted by atomic mass is 10.1. The molecule has 0 saturated heterocycles. The fourth-order valence-electron chi connectivity index (χ4n) is 1.83. The smallest absolute Gasteiger partial charge is 0.328 e. The molecule has 19 heavy (non-hydrogen) atoms. The number of hydrogen-bond donors (Lipinski definition) is 1. The van der Waals surface area contributed by atoms with Crippen molar-refractivity contribution >= 4 is 13.5 Å². The van der Waals surface area contributed by atoms with Crippen molar-refractivity contribution in [3.63, 3.8) is 0 Å². The number of carbonyl (C=O) groups excluding carboxylic acids is 1. The minimum Gasteiger partial charge on any atom is -0.464 e. The number of nitrogens with one attached hydrogen (secondary N) is 1. The van der Waals surface area contributed by atoms with Gasteiger partial charge in [0.05, 0.1) is 6.61 Å². The molecule has 0 aliphatic carbocycles. The van der Waals surface area contributed by atoms with Crippen LogP contribution in [0.3, 0.4) is 0 Å². The molecular formula is C13H18NO4P. The van der Waals surface area contributed by atoms with E-state index in [1.807, 2.05) is 13.8 Å². The van der Waals surface area contributed by atoms with E-state index in [4.69, 9.17) is 9.26 Å². The molecule has 2 atom stereocenters. The summed E-state index contributed by atoms with van der Waals surface area (Å²) in [4.78, 5) is 12.1. The number of fused-ring (bicyclic) bond motifs is 1. The lowest BCUT2D eigenvalue weighted by Gasteiger charge is -2.30. The molecule has 1 aromatic rings. The maximum absolute atomic E-state index is 12.1. The van der Waals surface area contributed by atoms with E-state index in [1.54, 1.807) is 24.3 Å². The van der Waals surface area contributed by atoms with Gasteiger partial charge < -0.3 is 9.26 Å². The number of rotatable bonds is 3. The summed E-state index contributed by atoms with van der Waals surface area (Å²) in [6, 6.07) is 6.32. The van der Waals surface area contributed by atoms with Gasteiger partial charge in [0.15, 0.2) is 0 Å². The third-order valence-corrected chi connectivity index (χ3v) is 3.93. The van der Waals surface area contributed by atoms with Crippen molar-refractivity contribution in [1.29, 1.82) is 0 Å². The van der Waals surface area contributed by atoms with Crippen LogP contribution in [0.1, 0.15) is 25.5 Å². The first-order valence-electron chi connectivity index (χ1n) is 6.19. The van der Waals surface area contributed by atoms with Crippen LogP contribution >= 0.6 is 7.52 Å². The van der Waals surface area contributed by atoms with Crippen LogP contribution in [0.4, 0.5) is 0 Å². The number of benzene rings is 1. The quantitative estimate of drug-likeness (QED) is 0.682. The summed E-state index contributed by atoms with van der Waals surface area (Å²) in [6.07, 6.45) is 0. The van der Waals surface area contributed by atoms with Gasteiger partial charge in [0, 0.05) is 12.2 Å². The van der Waals surface area contributed by atoms with E-state index < -0.39 is 19.5 Å². The monoisotopic (exact) mass is 283 g/mol. The fourth-order valence-corrected chi connectivity index (χ4v) is 3.14. The summed E-state index contributed by atoms with van der Waals surface area (Å²) in [5.41, 5.74) is 0.657. The third kappa shape index (κ3) is 3.37. The fraction of sp³-hybridized carbons (Fsp3) is 0.462. The molecule has 1 N–H and O–H groups in total. The van der Waals surface area contributed by atoms with Gasteiger partial charge in [-0.05, 0) is 12.0 Å². The van der Waals surface area contributed by atoms with Crippen LogP contribution in [0.15, 0.2) is 24.3 Å². The van der Waals surface area contributed by atoms with Crippen LogP contribution in [0.25, 0.3) is 0 Å². The van der Waals surface area contributed by atoms with Crippen LogP contribution < -0.4 is 9.61 Å². The minimum absolute atomic E-state index is 0.257. The lowest BCUT2D eigenvalue weighted by Crippen LogP contribution is -2.33. The standard InChI is InChI=1S/C13H18NO4P/c1-9(2)8-17-13(15)12-10-6-4-5-7-11(10)18-19(3,16)14-12/h4-7,9,12H,8H2,1-3H3,(H,14,16). The summed E-state index contributed by atoms with van der Waals surface area (Å²) in [6.45, 7) is 5.71. The second-order valence-corrected chi connectivity index (χ2v) is 7.19. The Hall–Kier alpha value is -1.32. The Balaban J connectivity index is 2.25. The van der Waals surface area contributed by atoms with Crippen LogP contribution in [0.5, 0.6) is 5.75 Å². The molecule has 104 valence electrons. The van der Waals surface area contributed by atoms with Crippen molar-refractivity contribution in [2.45, 2.75) is 19.9 Å². The molecule has 1 aliphatic heterocycles. The molecule has 2 unspecified atom stereocenters. The molecule has 0 fully saturated rings. The van der Waals surface area contributed by atoms with E-state index >= 15 is 0 Å². The average molecular weight is 283 g/mol. The highest BCUT2D eigenvalue weighted by molar-refractivity contribution is 7.56. The van der Waals surface area contributed by atoms with Gasteiger partial charge in [-0.25, -0.2) is 9.88 Å². The van der Waals surface area contributed by atoms with Crippen molar-refractivity contribution in [3.8, 4) is 5.75 Å². The van der Waals surface area contributed by atoms with Gasteiger partial charge in [-0.2, -0.15) is 0 Å². The summed E-state index contributed by atoms with van der Waals surface area (Å²) in [5, 5.41) is 2.73. The molecular weight excluding hydrogens is 265 g/mol. The third-order valence-electron chi connectivity index (χ3n) is 2.66. The topological polar surface area (TPSA) is 64.6 Å². The number of ether oxygens (including phenoxy) is 1. The Morgan fingerprint density at radius 1 is 1.47 bits per heavy atom. The Kier molecular flexibility index (Phi) is 3.97. The lowest BCUT2D eigenvalue weighted by molar-refractivity contribution is -0.147. The first kappa shape index (κ1) is 14.1. The van der Waals surface area contributed by atoms with Gasteiger partial charge in [-0.1, -0.05) is 32.0 Å². The molecule has 1 aliphatic rings. The SMILES string of the molecule is CC(C)COC(=O)C1NP(C)(=O)Oc2ccccc21. The molecule has 5 nitrogen and oxygen atoms in total. The predicted molar refractivity (Wildman–Crippen MR) is 72.3 cm³/mol. The normalized spacial score (nSPS) is 25.6. The number of carbonyl (C=O) groups is 1. The molecule has 0 bridgehead atoms. The van der Waals surface area contributed by atoms with Crippen molar-refractivity contribution in [2.75, 3.05) is 13.3 Å². The largest absolute Gasteiger partial charge is 0.464 e. The van der Waals surface area contributed by atoms with Gasteiger partial charge in [0.25, 0.3) is 0 Å². The summed E-state index contributed by atoms with van der Waals surface area (Å²) < 4.78 is 22.7. The predicted octanol–water partition coefficient (Wildman–Crippen LogP) is 2.73. The highest BCUT2D eigenvalue weighted by Crippen LogP contribution is 2.48. The molecule has 0 saturated carbocycles. The average Bonchev–Trinajstić information content (AvgIpc) is 2.33. The maximum Gasteiger partial charge on any atom is 0.328 e. The van der Waals surface area contributed by atoms with E-state index in [0.29, 0.717) is 17.9 Å². The minimum atomic E-state index is -3.03. The molecule has 0 aromatic heterocycles. The zero-order valence-electron chi connectivity index (χ0n) is 11.3. The van der Waals surface area contributed by atoms with Gasteiger partial charge in [-0.3, -0.25) is 4.57 Å². The summed E-state index contributed by atoms with van der Waals surface area (Å²) >= 11 is 0. The molecule has 0 amide bonds. The molecule has 2 rings (SSSR count). The maximum atomic E-state index is 12.1. The molecule has 0 radical (unpaired) electrons. The second-order valence-electron chi connectivity index (χ2n) is 5.06. The van der Waals surface area contributed by atoms with Gasteiger partial charge in [0.1, 0.15) is 11.8 Å². The van der Waals surface area contributed by atoms with Gasteiger partial charge in [0.2, 0.25) is 0 Å². The Labute approximate surface area is 112 Å². The Morgan fingerprint density at radius 3 is 2.84 bits per heavy atom. The van der Waals surface area contributed by atoms with Crippen molar-refractivity contribution in [2.24, 2.45) is 5.92 Å². The van der Waals surface area contributed by atoms with Gasteiger partial charge >= 0.3 is 13.5 Å². The number of esters is 1. The number of para-hydroxylation sites is 1. The van der Waals surface area contributed by atoms with E-state index in [1.165, 1.54) is 6.66 Å². The van der Waals surface area contributed by atoms with E-state index in [0.717, 1.165) is 0 Å². The summed E-state index contributed by atoms with van der Waals surface area (Å²) in [7, 11) is -3.03. The highest BCUT2D eigenvalue weighted by atomic mass is 31.2. The zero-order valence-corrected chi connectivity index (χ0v) is 12.1. The van der Waals surface area contributed by atoms with Crippen molar-refractivity contribution < 1.29 is 18.6 Å². The van der Waals surface area contributed by atoms with Crippen LogP contribution in [-0.2, 0) is 14.1 Å². The first-order chi connectivity index (χ1) is 8.89. The molecule has 6 heteroatoms. The van der Waals surface area contributed by atoms with Crippen LogP contribution in [-0.4, -0.2) is 19.2 Å². The highest BCUT2D eigenvalue weighted by Gasteiger charge is 2.37. The van der Waals surface area contributed by atoms with Crippen LogP contribution in [0.2, 0.25) is 0 Å². The van der Waals surface area contributed by atoms with Crippen molar-refractivity contribution in [1.82, 2.24) is 5.09 Å². The van der Waals surface area contributed by atoms with Crippen molar-refractivity contribution in [3.05, 3.63) is 29.8 Å². The molecule has 0 spiro atoms. The Morgan fingerprint density at radius 2 is 2.16 bits per heavy atom. The van der Waals surface area contributed by atoms with Gasteiger partial charge in [-0.15, -0.1) is 0 Å². The van der Waals surface area contributed by atoms with E-state index in [2.05, 4.69) is 5.09 Å². The number of hydrogen-bond acceptors (Lipinski definition) is 4. The second kappa shape index (κ2) is 5.35. The van der Waals surface area contributed by atoms with E-state index in [9.17, 15) is 9.36 Å². The molecule has 1 heterocycles. The Bertz CT molecular complexity index is 529. The van der Waals surface area contributed by atoms with Crippen LogP contribution in [0, 0.1) is 5.92 Å².